The molecule has 0 radical (unpaired) electrons. The highest BCUT2D eigenvalue weighted by Gasteiger charge is 2.24. The van der Waals surface area contributed by atoms with E-state index in [0.717, 1.165) is 19.3 Å². The second-order valence-electron chi connectivity index (χ2n) is 5.31. The summed E-state index contributed by atoms with van der Waals surface area (Å²) < 4.78 is 0. The van der Waals surface area contributed by atoms with Crippen molar-refractivity contribution in [3.63, 3.8) is 0 Å². The van der Waals surface area contributed by atoms with Gasteiger partial charge in [0.1, 0.15) is 0 Å². The van der Waals surface area contributed by atoms with E-state index in [0.29, 0.717) is 5.92 Å². The molecule has 2 nitrogen and oxygen atoms in total. The third-order valence-corrected chi connectivity index (χ3v) is 4.03. The van der Waals surface area contributed by atoms with Crippen LogP contribution in [0.4, 0.5) is 0 Å². The van der Waals surface area contributed by atoms with Crippen molar-refractivity contribution >= 4 is 10.9 Å². The van der Waals surface area contributed by atoms with E-state index >= 15 is 0 Å². The number of rotatable bonds is 2. The van der Waals surface area contributed by atoms with Crippen molar-refractivity contribution in [1.82, 2.24) is 4.98 Å². The van der Waals surface area contributed by atoms with Crippen molar-refractivity contribution in [3.8, 4) is 0 Å². The summed E-state index contributed by atoms with van der Waals surface area (Å²) in [7, 11) is 0. The number of benzene rings is 1. The fourth-order valence-corrected chi connectivity index (χ4v) is 3.12. The first kappa shape index (κ1) is 10.8. The highest BCUT2D eigenvalue weighted by Crippen LogP contribution is 2.32. The highest BCUT2D eigenvalue weighted by molar-refractivity contribution is 5.84. The molecule has 1 aliphatic carbocycles. The van der Waals surface area contributed by atoms with E-state index in [1.807, 2.05) is 0 Å². The fourth-order valence-electron chi connectivity index (χ4n) is 3.12. The predicted octanol–water partition coefficient (Wildman–Crippen LogP) is 3.18. The van der Waals surface area contributed by atoms with Gasteiger partial charge in [0.15, 0.2) is 0 Å². The Labute approximate surface area is 102 Å². The van der Waals surface area contributed by atoms with E-state index in [2.05, 4.69) is 36.2 Å². The van der Waals surface area contributed by atoms with E-state index < -0.39 is 0 Å². The number of hydrogen-bond donors (Lipinski definition) is 2. The number of aliphatic hydroxyl groups is 1. The molecule has 90 valence electrons. The lowest BCUT2D eigenvalue weighted by Gasteiger charge is -2.09. The van der Waals surface area contributed by atoms with Gasteiger partial charge in [0.2, 0.25) is 0 Å². The average molecular weight is 229 g/mol. The average Bonchev–Trinajstić information content (AvgIpc) is 2.85. The Bertz CT molecular complexity index is 529. The van der Waals surface area contributed by atoms with Crippen molar-refractivity contribution in [1.29, 1.82) is 0 Å². The van der Waals surface area contributed by atoms with E-state index in [1.54, 1.807) is 0 Å². The van der Waals surface area contributed by atoms with Crippen LogP contribution in [0, 0.1) is 12.8 Å². The fraction of sp³-hybridized carbons (Fsp3) is 0.467. The summed E-state index contributed by atoms with van der Waals surface area (Å²) >= 11 is 0. The summed E-state index contributed by atoms with van der Waals surface area (Å²) in [6.45, 7) is 2.15. The second-order valence-corrected chi connectivity index (χ2v) is 5.31. The quantitative estimate of drug-likeness (QED) is 0.815. The monoisotopic (exact) mass is 229 g/mol. The van der Waals surface area contributed by atoms with Crippen LogP contribution in [0.2, 0.25) is 0 Å². The summed E-state index contributed by atoms with van der Waals surface area (Å²) in [5, 5.41) is 11.0. The molecule has 1 aromatic carbocycles. The molecule has 2 aromatic rings. The van der Waals surface area contributed by atoms with Gasteiger partial charge in [-0.1, -0.05) is 18.2 Å². The number of aliphatic hydroxyl groups excluding tert-OH is 1. The van der Waals surface area contributed by atoms with Crippen molar-refractivity contribution in [2.45, 2.75) is 38.7 Å². The zero-order valence-corrected chi connectivity index (χ0v) is 10.2. The van der Waals surface area contributed by atoms with Crippen LogP contribution in [0.15, 0.2) is 24.3 Å². The smallest absolute Gasteiger partial charge is 0.0543 e. The molecule has 0 aliphatic heterocycles. The largest absolute Gasteiger partial charge is 0.393 e. The van der Waals surface area contributed by atoms with Gasteiger partial charge < -0.3 is 10.1 Å². The van der Waals surface area contributed by atoms with E-state index in [-0.39, 0.29) is 6.10 Å². The minimum absolute atomic E-state index is 0.0643. The summed E-state index contributed by atoms with van der Waals surface area (Å²) in [4.78, 5) is 3.45. The Balaban J connectivity index is 1.91. The van der Waals surface area contributed by atoms with Crippen LogP contribution in [0.3, 0.4) is 0 Å². The first-order chi connectivity index (χ1) is 8.24. The molecule has 0 saturated heterocycles. The lowest BCUT2D eigenvalue weighted by atomic mass is 9.96. The number of aromatic amines is 1. The van der Waals surface area contributed by atoms with Crippen molar-refractivity contribution in [2.75, 3.05) is 0 Å². The van der Waals surface area contributed by atoms with Gasteiger partial charge in [-0.3, -0.25) is 0 Å². The van der Waals surface area contributed by atoms with Crippen molar-refractivity contribution < 1.29 is 5.11 Å². The molecule has 2 heteroatoms. The summed E-state index contributed by atoms with van der Waals surface area (Å²) in [6.07, 6.45) is 4.16. The standard InChI is InChI=1S/C15H19NO/c1-10-14(9-11-6-7-12(17)8-11)13-4-2-3-5-15(13)16-10/h2-5,11-12,16-17H,6-9H2,1H3/t11-,12-/m1/s1. The third-order valence-electron chi connectivity index (χ3n) is 4.03. The van der Waals surface area contributed by atoms with Crippen LogP contribution in [-0.4, -0.2) is 16.2 Å². The predicted molar refractivity (Wildman–Crippen MR) is 70.1 cm³/mol. The molecule has 1 aromatic heterocycles. The van der Waals surface area contributed by atoms with Crippen molar-refractivity contribution in [3.05, 3.63) is 35.5 Å². The molecule has 0 amide bonds. The molecule has 17 heavy (non-hydrogen) atoms. The van der Waals surface area contributed by atoms with E-state index in [9.17, 15) is 5.11 Å². The van der Waals surface area contributed by atoms with Crippen LogP contribution < -0.4 is 0 Å². The normalized spacial score (nSPS) is 24.6. The zero-order chi connectivity index (χ0) is 11.8. The van der Waals surface area contributed by atoms with Gasteiger partial charge in [0.05, 0.1) is 6.10 Å². The molecule has 1 aliphatic rings. The van der Waals surface area contributed by atoms with Gasteiger partial charge in [-0.25, -0.2) is 0 Å². The number of hydrogen-bond acceptors (Lipinski definition) is 1. The first-order valence-corrected chi connectivity index (χ1v) is 6.48. The second kappa shape index (κ2) is 4.19. The molecule has 0 unspecified atom stereocenters. The number of aryl methyl sites for hydroxylation is 1. The molecule has 0 bridgehead atoms. The van der Waals surface area contributed by atoms with Gasteiger partial charge >= 0.3 is 0 Å². The maximum Gasteiger partial charge on any atom is 0.0543 e. The number of H-pyrrole nitrogens is 1. The van der Waals surface area contributed by atoms with E-state index in [4.69, 9.17) is 0 Å². The van der Waals surface area contributed by atoms with Gasteiger partial charge in [-0.15, -0.1) is 0 Å². The highest BCUT2D eigenvalue weighted by atomic mass is 16.3. The topological polar surface area (TPSA) is 36.0 Å². The van der Waals surface area contributed by atoms with Crippen LogP contribution in [0.25, 0.3) is 10.9 Å². The minimum Gasteiger partial charge on any atom is -0.393 e. The molecule has 1 heterocycles. The third kappa shape index (κ3) is 1.98. The Morgan fingerprint density at radius 3 is 2.88 bits per heavy atom. The molecule has 1 saturated carbocycles. The lowest BCUT2D eigenvalue weighted by Crippen LogP contribution is -2.03. The van der Waals surface area contributed by atoms with Crippen LogP contribution in [-0.2, 0) is 6.42 Å². The minimum atomic E-state index is -0.0643. The number of fused-ring (bicyclic) bond motifs is 1. The molecular weight excluding hydrogens is 210 g/mol. The maximum atomic E-state index is 9.60. The Hall–Kier alpha value is -1.28. The SMILES string of the molecule is Cc1[nH]c2ccccc2c1C[C@@H]1CC[C@@H](O)C1. The number of nitrogens with one attached hydrogen (secondary N) is 1. The zero-order valence-electron chi connectivity index (χ0n) is 10.2. The molecule has 3 rings (SSSR count). The van der Waals surface area contributed by atoms with Crippen LogP contribution in [0.5, 0.6) is 0 Å². The van der Waals surface area contributed by atoms with Gasteiger partial charge in [0.25, 0.3) is 0 Å². The van der Waals surface area contributed by atoms with Crippen molar-refractivity contribution in [2.24, 2.45) is 5.92 Å². The Morgan fingerprint density at radius 1 is 1.29 bits per heavy atom. The van der Waals surface area contributed by atoms with E-state index in [1.165, 1.54) is 28.6 Å². The van der Waals surface area contributed by atoms with Gasteiger partial charge in [-0.05, 0) is 50.2 Å². The Kier molecular flexibility index (Phi) is 2.67. The Morgan fingerprint density at radius 2 is 2.12 bits per heavy atom. The van der Waals surface area contributed by atoms with Crippen LogP contribution in [0.1, 0.15) is 30.5 Å². The van der Waals surface area contributed by atoms with Gasteiger partial charge in [-0.2, -0.15) is 0 Å². The number of aromatic nitrogens is 1. The number of para-hydroxylation sites is 1. The molecule has 1 fully saturated rings. The van der Waals surface area contributed by atoms with Crippen LogP contribution >= 0.6 is 0 Å². The molecule has 2 atom stereocenters. The first-order valence-electron chi connectivity index (χ1n) is 6.48. The van der Waals surface area contributed by atoms with Gasteiger partial charge in [0, 0.05) is 16.6 Å². The summed E-state index contributed by atoms with van der Waals surface area (Å²) in [6, 6.07) is 8.50. The maximum absolute atomic E-state index is 9.60. The summed E-state index contributed by atoms with van der Waals surface area (Å²) in [5.41, 5.74) is 3.96. The molecule has 2 N–H and O–H groups in total. The summed E-state index contributed by atoms with van der Waals surface area (Å²) in [5.74, 6) is 0.655. The molecule has 0 spiro atoms. The molecular formula is C15H19NO. The lowest BCUT2D eigenvalue weighted by molar-refractivity contribution is 0.177.